The van der Waals surface area contributed by atoms with Gasteiger partial charge in [0, 0.05) is 19.3 Å². The number of nitrogens with zero attached hydrogens (tertiary/aromatic N) is 3. The summed E-state index contributed by atoms with van der Waals surface area (Å²) in [5.74, 6) is -1.03. The molecule has 0 aliphatic heterocycles. The second-order valence-electron chi connectivity index (χ2n) is 4.73. The molecule has 1 unspecified atom stereocenters. The van der Waals surface area contributed by atoms with E-state index in [4.69, 9.17) is 5.11 Å². The van der Waals surface area contributed by atoms with Gasteiger partial charge in [-0.15, -0.1) is 0 Å². The number of aromatic nitrogens is 2. The number of carbonyl (C=O) groups excluding carboxylic acids is 1. The van der Waals surface area contributed by atoms with Gasteiger partial charge in [0.05, 0.1) is 11.4 Å². The molecular formula is C13H22N4O3. The van der Waals surface area contributed by atoms with Crippen LogP contribution in [0.25, 0.3) is 0 Å². The van der Waals surface area contributed by atoms with Gasteiger partial charge in [0.1, 0.15) is 6.54 Å². The molecule has 2 N–H and O–H groups in total. The zero-order chi connectivity index (χ0) is 15.3. The minimum atomic E-state index is -1.03. The molecule has 1 heterocycles. The van der Waals surface area contributed by atoms with Gasteiger partial charge in [-0.2, -0.15) is 5.10 Å². The monoisotopic (exact) mass is 282 g/mol. The SMILES string of the molecule is CCc1nn(C)cc1NC(=O)N(CC(=O)O)C(C)CC. The molecule has 1 aromatic rings. The van der Waals surface area contributed by atoms with E-state index in [1.165, 1.54) is 4.90 Å². The number of urea groups is 1. The zero-order valence-corrected chi connectivity index (χ0v) is 12.4. The van der Waals surface area contributed by atoms with Crippen LogP contribution in [0.3, 0.4) is 0 Å². The molecule has 0 aromatic carbocycles. The average Bonchev–Trinajstić information content (AvgIpc) is 2.74. The van der Waals surface area contributed by atoms with Crippen LogP contribution in [0.4, 0.5) is 10.5 Å². The fourth-order valence-electron chi connectivity index (χ4n) is 1.88. The van der Waals surface area contributed by atoms with E-state index < -0.39 is 12.0 Å². The van der Waals surface area contributed by atoms with Crippen molar-refractivity contribution >= 4 is 17.7 Å². The highest BCUT2D eigenvalue weighted by molar-refractivity contribution is 5.91. The summed E-state index contributed by atoms with van der Waals surface area (Å²) in [5, 5.41) is 15.9. The molecule has 7 nitrogen and oxygen atoms in total. The lowest BCUT2D eigenvalue weighted by Crippen LogP contribution is -2.44. The third-order valence-electron chi connectivity index (χ3n) is 3.17. The maximum atomic E-state index is 12.2. The number of nitrogens with one attached hydrogen (secondary N) is 1. The van der Waals surface area contributed by atoms with E-state index in [0.717, 1.165) is 5.69 Å². The molecule has 0 spiro atoms. The van der Waals surface area contributed by atoms with Crippen LogP contribution in [-0.4, -0.2) is 44.4 Å². The van der Waals surface area contributed by atoms with E-state index in [2.05, 4.69) is 10.4 Å². The highest BCUT2D eigenvalue weighted by atomic mass is 16.4. The number of hydrogen-bond acceptors (Lipinski definition) is 3. The zero-order valence-electron chi connectivity index (χ0n) is 12.4. The van der Waals surface area contributed by atoms with Crippen LogP contribution >= 0.6 is 0 Å². The number of rotatable bonds is 6. The summed E-state index contributed by atoms with van der Waals surface area (Å²) in [4.78, 5) is 24.4. The van der Waals surface area contributed by atoms with Crippen LogP contribution in [0.1, 0.15) is 32.9 Å². The molecule has 0 aliphatic rings. The van der Waals surface area contributed by atoms with Crippen molar-refractivity contribution < 1.29 is 14.7 Å². The molecule has 0 saturated carbocycles. The van der Waals surface area contributed by atoms with Crippen LogP contribution in [0, 0.1) is 0 Å². The van der Waals surface area contributed by atoms with Crippen molar-refractivity contribution in [2.24, 2.45) is 7.05 Å². The molecule has 0 fully saturated rings. The number of aliphatic carboxylic acids is 1. The first kappa shape index (κ1) is 16.0. The molecule has 2 amide bonds. The van der Waals surface area contributed by atoms with Crippen molar-refractivity contribution in [3.05, 3.63) is 11.9 Å². The van der Waals surface area contributed by atoms with E-state index in [1.807, 2.05) is 20.8 Å². The minimum Gasteiger partial charge on any atom is -0.480 e. The van der Waals surface area contributed by atoms with E-state index >= 15 is 0 Å². The summed E-state index contributed by atoms with van der Waals surface area (Å²) in [6.07, 6.45) is 3.10. The molecule has 20 heavy (non-hydrogen) atoms. The molecule has 1 atom stereocenters. The first-order valence-corrected chi connectivity index (χ1v) is 6.70. The number of hydrogen-bond donors (Lipinski definition) is 2. The van der Waals surface area contributed by atoms with Crippen LogP contribution in [0.15, 0.2) is 6.20 Å². The highest BCUT2D eigenvalue weighted by Gasteiger charge is 2.22. The average molecular weight is 282 g/mol. The Morgan fingerprint density at radius 2 is 2.15 bits per heavy atom. The molecule has 0 saturated heterocycles. The maximum absolute atomic E-state index is 12.2. The second-order valence-corrected chi connectivity index (χ2v) is 4.73. The third-order valence-corrected chi connectivity index (χ3v) is 3.17. The standard InChI is InChI=1S/C13H22N4O3/c1-5-9(3)17(8-12(18)19)13(20)14-11-7-16(4)15-10(11)6-2/h7,9H,5-6,8H2,1-4H3,(H,14,20)(H,18,19). The van der Waals surface area contributed by atoms with Gasteiger partial charge < -0.3 is 15.3 Å². The number of carbonyl (C=O) groups is 2. The Bertz CT molecular complexity index is 484. The van der Waals surface area contributed by atoms with Gasteiger partial charge in [-0.3, -0.25) is 9.48 Å². The van der Waals surface area contributed by atoms with Gasteiger partial charge in [0.15, 0.2) is 0 Å². The van der Waals surface area contributed by atoms with Gasteiger partial charge in [-0.25, -0.2) is 4.79 Å². The lowest BCUT2D eigenvalue weighted by atomic mass is 10.2. The van der Waals surface area contributed by atoms with Crippen molar-refractivity contribution in [2.45, 2.75) is 39.7 Å². The first-order chi connectivity index (χ1) is 9.38. The van der Waals surface area contributed by atoms with Gasteiger partial charge in [0.25, 0.3) is 0 Å². The Labute approximate surface area is 118 Å². The second kappa shape index (κ2) is 6.93. The van der Waals surface area contributed by atoms with Gasteiger partial charge in [-0.05, 0) is 19.8 Å². The Morgan fingerprint density at radius 3 is 2.65 bits per heavy atom. The summed E-state index contributed by atoms with van der Waals surface area (Å²) in [6, 6.07) is -0.558. The summed E-state index contributed by atoms with van der Waals surface area (Å²) in [7, 11) is 1.78. The smallest absolute Gasteiger partial charge is 0.323 e. The highest BCUT2D eigenvalue weighted by Crippen LogP contribution is 2.15. The fourth-order valence-corrected chi connectivity index (χ4v) is 1.88. The lowest BCUT2D eigenvalue weighted by Gasteiger charge is -2.26. The van der Waals surface area contributed by atoms with E-state index in [9.17, 15) is 9.59 Å². The van der Waals surface area contributed by atoms with Gasteiger partial charge in [0.2, 0.25) is 0 Å². The summed E-state index contributed by atoms with van der Waals surface area (Å²) >= 11 is 0. The molecule has 1 aromatic heterocycles. The number of amides is 2. The minimum absolute atomic E-state index is 0.146. The maximum Gasteiger partial charge on any atom is 0.323 e. The Morgan fingerprint density at radius 1 is 1.50 bits per heavy atom. The topological polar surface area (TPSA) is 87.5 Å². The molecule has 0 radical (unpaired) electrons. The van der Waals surface area contributed by atoms with Crippen LogP contribution < -0.4 is 5.32 Å². The predicted octanol–water partition coefficient (Wildman–Crippen LogP) is 1.70. The normalized spacial score (nSPS) is 12.0. The quantitative estimate of drug-likeness (QED) is 0.831. The molecule has 0 bridgehead atoms. The number of carboxylic acids is 1. The number of carboxylic acid groups (broad SMARTS) is 1. The number of anilines is 1. The number of aryl methyl sites for hydroxylation is 2. The molecule has 7 heteroatoms. The molecule has 0 aliphatic carbocycles. The Balaban J connectivity index is 2.87. The predicted molar refractivity (Wildman–Crippen MR) is 75.7 cm³/mol. The molecule has 1 rings (SSSR count). The van der Waals surface area contributed by atoms with Gasteiger partial charge >= 0.3 is 12.0 Å². The summed E-state index contributed by atoms with van der Waals surface area (Å²) < 4.78 is 1.62. The van der Waals surface area contributed by atoms with Crippen molar-refractivity contribution in [1.29, 1.82) is 0 Å². The Kier molecular flexibility index (Phi) is 5.54. The van der Waals surface area contributed by atoms with Gasteiger partial charge in [-0.1, -0.05) is 13.8 Å². The van der Waals surface area contributed by atoms with Crippen molar-refractivity contribution in [3.63, 3.8) is 0 Å². The summed E-state index contributed by atoms with van der Waals surface area (Å²) in [6.45, 7) is 5.37. The van der Waals surface area contributed by atoms with E-state index in [0.29, 0.717) is 18.5 Å². The van der Waals surface area contributed by atoms with Crippen molar-refractivity contribution in [2.75, 3.05) is 11.9 Å². The largest absolute Gasteiger partial charge is 0.480 e. The first-order valence-electron chi connectivity index (χ1n) is 6.70. The third kappa shape index (κ3) is 3.97. The summed E-state index contributed by atoms with van der Waals surface area (Å²) in [5.41, 5.74) is 1.40. The fraction of sp³-hybridized carbons (Fsp3) is 0.615. The van der Waals surface area contributed by atoms with Crippen LogP contribution in [-0.2, 0) is 18.3 Å². The molecule has 112 valence electrons. The van der Waals surface area contributed by atoms with Crippen LogP contribution in [0.5, 0.6) is 0 Å². The van der Waals surface area contributed by atoms with E-state index in [-0.39, 0.29) is 12.6 Å². The van der Waals surface area contributed by atoms with E-state index in [1.54, 1.807) is 17.9 Å². The van der Waals surface area contributed by atoms with Crippen LogP contribution in [0.2, 0.25) is 0 Å². The Hall–Kier alpha value is -2.05. The van der Waals surface area contributed by atoms with Crippen molar-refractivity contribution in [1.82, 2.24) is 14.7 Å². The lowest BCUT2D eigenvalue weighted by molar-refractivity contribution is -0.138. The van der Waals surface area contributed by atoms with Crippen molar-refractivity contribution in [3.8, 4) is 0 Å². The molecular weight excluding hydrogens is 260 g/mol.